The number of anilines is 3. The second kappa shape index (κ2) is 8.75. The van der Waals surface area contributed by atoms with Crippen LogP contribution in [0.2, 0.25) is 0 Å². The molecule has 2 amide bonds. The van der Waals surface area contributed by atoms with E-state index in [9.17, 15) is 4.79 Å². The second-order valence-corrected chi connectivity index (χ2v) is 6.79. The average Bonchev–Trinajstić information content (AvgIpc) is 2.80. The average molecular weight is 405 g/mol. The predicted octanol–water partition coefficient (Wildman–Crippen LogP) is 2.38. The van der Waals surface area contributed by atoms with Crippen molar-refractivity contribution < 1.29 is 9.53 Å². The summed E-state index contributed by atoms with van der Waals surface area (Å²) in [5, 5.41) is 5.26. The highest BCUT2D eigenvalue weighted by Gasteiger charge is 2.18. The van der Waals surface area contributed by atoms with Gasteiger partial charge >= 0.3 is 6.03 Å². The van der Waals surface area contributed by atoms with E-state index in [1.54, 1.807) is 7.05 Å². The summed E-state index contributed by atoms with van der Waals surface area (Å²) in [6, 6.07) is 14.5. The van der Waals surface area contributed by atoms with Gasteiger partial charge in [0.1, 0.15) is 0 Å². The zero-order valence-corrected chi connectivity index (χ0v) is 16.6. The molecule has 154 valence electrons. The Morgan fingerprint density at radius 3 is 2.07 bits per heavy atom. The van der Waals surface area contributed by atoms with Gasteiger partial charge in [-0.2, -0.15) is 9.97 Å². The molecule has 0 spiro atoms. The minimum absolute atomic E-state index is 0.275. The number of benzene rings is 2. The molecule has 0 bridgehead atoms. The second-order valence-electron chi connectivity index (χ2n) is 6.79. The Labute approximate surface area is 174 Å². The van der Waals surface area contributed by atoms with Gasteiger partial charge in [0.2, 0.25) is 5.95 Å². The quantitative estimate of drug-likeness (QED) is 0.570. The molecule has 1 fully saturated rings. The number of ether oxygens (including phenoxy) is 1. The number of aromatic nitrogens is 3. The first-order valence-corrected chi connectivity index (χ1v) is 9.66. The van der Waals surface area contributed by atoms with E-state index < -0.39 is 0 Å². The van der Waals surface area contributed by atoms with Gasteiger partial charge in [0, 0.05) is 42.6 Å². The van der Waals surface area contributed by atoms with E-state index in [2.05, 4.69) is 20.5 Å². The van der Waals surface area contributed by atoms with Crippen LogP contribution >= 0.6 is 0 Å². The fraction of sp³-hybridized carbons (Fsp3) is 0.238. The van der Waals surface area contributed by atoms with E-state index in [0.29, 0.717) is 42.2 Å². The molecule has 3 aromatic rings. The van der Waals surface area contributed by atoms with Gasteiger partial charge in [-0.3, -0.25) is 0 Å². The fourth-order valence-corrected chi connectivity index (χ4v) is 3.06. The number of carbonyl (C=O) groups is 1. The third-order valence-corrected chi connectivity index (χ3v) is 4.71. The van der Waals surface area contributed by atoms with Crippen LogP contribution < -0.4 is 21.3 Å². The minimum atomic E-state index is -0.275. The molecule has 0 unspecified atom stereocenters. The maximum absolute atomic E-state index is 11.5. The van der Waals surface area contributed by atoms with Crippen molar-refractivity contribution in [2.75, 3.05) is 49.3 Å². The van der Waals surface area contributed by atoms with Crippen LogP contribution in [0.1, 0.15) is 0 Å². The molecule has 1 saturated heterocycles. The highest BCUT2D eigenvalue weighted by molar-refractivity contribution is 5.89. The number of hydrogen-bond acceptors (Lipinski definition) is 7. The largest absolute Gasteiger partial charge is 0.399 e. The highest BCUT2D eigenvalue weighted by Crippen LogP contribution is 2.25. The molecule has 9 nitrogen and oxygen atoms in total. The first-order valence-electron chi connectivity index (χ1n) is 9.66. The molecule has 1 aromatic heterocycles. The lowest BCUT2D eigenvalue weighted by Gasteiger charge is -2.27. The van der Waals surface area contributed by atoms with Crippen LogP contribution in [0.4, 0.5) is 22.1 Å². The minimum Gasteiger partial charge on any atom is -0.399 e. The van der Waals surface area contributed by atoms with Gasteiger partial charge in [-0.1, -0.05) is 0 Å². The Morgan fingerprint density at radius 1 is 0.933 bits per heavy atom. The summed E-state index contributed by atoms with van der Waals surface area (Å²) in [4.78, 5) is 27.7. The standard InChI is InChI=1S/C21H23N7O2/c1-23-21(29)24-17-8-4-15(5-9-17)19-25-18(14-2-6-16(22)7-3-14)26-20(27-19)28-10-12-30-13-11-28/h2-9H,10-13,22H2,1H3,(H2,23,24,29). The Morgan fingerprint density at radius 2 is 1.50 bits per heavy atom. The van der Waals surface area contributed by atoms with Gasteiger partial charge in [0.25, 0.3) is 0 Å². The molecule has 0 radical (unpaired) electrons. The van der Waals surface area contributed by atoms with Crippen LogP contribution in [0.3, 0.4) is 0 Å². The number of hydrogen-bond donors (Lipinski definition) is 3. The number of amides is 2. The van der Waals surface area contributed by atoms with Crippen molar-refractivity contribution in [2.45, 2.75) is 0 Å². The molecule has 9 heteroatoms. The van der Waals surface area contributed by atoms with Gasteiger partial charge < -0.3 is 26.0 Å². The zero-order valence-electron chi connectivity index (χ0n) is 16.6. The number of nitrogens with one attached hydrogen (secondary N) is 2. The summed E-state index contributed by atoms with van der Waals surface area (Å²) in [6.07, 6.45) is 0. The normalized spacial score (nSPS) is 13.7. The molecular weight excluding hydrogens is 382 g/mol. The Kier molecular flexibility index (Phi) is 5.71. The van der Waals surface area contributed by atoms with Gasteiger partial charge in [-0.25, -0.2) is 9.78 Å². The molecule has 0 aliphatic carbocycles. The topological polar surface area (TPSA) is 118 Å². The lowest BCUT2D eigenvalue weighted by molar-refractivity contribution is 0.122. The number of nitrogens with zero attached hydrogens (tertiary/aromatic N) is 4. The van der Waals surface area contributed by atoms with Crippen molar-refractivity contribution in [1.29, 1.82) is 0 Å². The molecule has 0 atom stereocenters. The summed E-state index contributed by atoms with van der Waals surface area (Å²) < 4.78 is 5.45. The van der Waals surface area contributed by atoms with Crippen molar-refractivity contribution >= 4 is 23.4 Å². The van der Waals surface area contributed by atoms with Crippen molar-refractivity contribution in [2.24, 2.45) is 0 Å². The number of carbonyl (C=O) groups excluding carboxylic acids is 1. The number of rotatable bonds is 4. The van der Waals surface area contributed by atoms with E-state index in [1.165, 1.54) is 0 Å². The van der Waals surface area contributed by atoms with Crippen molar-refractivity contribution in [3.8, 4) is 22.8 Å². The zero-order chi connectivity index (χ0) is 20.9. The molecule has 4 N–H and O–H groups in total. The van der Waals surface area contributed by atoms with E-state index >= 15 is 0 Å². The molecule has 1 aliphatic rings. The van der Waals surface area contributed by atoms with Gasteiger partial charge in [-0.05, 0) is 48.5 Å². The number of urea groups is 1. The van der Waals surface area contributed by atoms with Crippen LogP contribution in [0.5, 0.6) is 0 Å². The van der Waals surface area contributed by atoms with Gasteiger partial charge in [-0.15, -0.1) is 0 Å². The first kappa shape index (κ1) is 19.6. The fourth-order valence-electron chi connectivity index (χ4n) is 3.06. The van der Waals surface area contributed by atoms with E-state index in [-0.39, 0.29) is 6.03 Å². The Hall–Kier alpha value is -3.72. The van der Waals surface area contributed by atoms with Crippen LogP contribution in [0, 0.1) is 0 Å². The number of morpholine rings is 1. The molecule has 0 saturated carbocycles. The summed E-state index contributed by atoms with van der Waals surface area (Å²) >= 11 is 0. The monoisotopic (exact) mass is 405 g/mol. The maximum atomic E-state index is 11.5. The number of nitrogen functional groups attached to an aromatic ring is 1. The van der Waals surface area contributed by atoms with Crippen LogP contribution in [0.25, 0.3) is 22.8 Å². The third kappa shape index (κ3) is 4.47. The van der Waals surface area contributed by atoms with Crippen molar-refractivity contribution in [3.05, 3.63) is 48.5 Å². The van der Waals surface area contributed by atoms with Gasteiger partial charge in [0.05, 0.1) is 13.2 Å². The SMILES string of the molecule is CNC(=O)Nc1ccc(-c2nc(-c3ccc(N)cc3)nc(N3CCOCC3)n2)cc1. The van der Waals surface area contributed by atoms with Crippen molar-refractivity contribution in [3.63, 3.8) is 0 Å². The summed E-state index contributed by atoms with van der Waals surface area (Å²) in [6.45, 7) is 2.72. The predicted molar refractivity (Wildman–Crippen MR) is 116 cm³/mol. The van der Waals surface area contributed by atoms with Crippen LogP contribution in [-0.4, -0.2) is 54.3 Å². The summed E-state index contributed by atoms with van der Waals surface area (Å²) in [5.41, 5.74) is 8.87. The third-order valence-electron chi connectivity index (χ3n) is 4.71. The van der Waals surface area contributed by atoms with Crippen molar-refractivity contribution in [1.82, 2.24) is 20.3 Å². The van der Waals surface area contributed by atoms with Crippen LogP contribution in [0.15, 0.2) is 48.5 Å². The maximum Gasteiger partial charge on any atom is 0.318 e. The van der Waals surface area contributed by atoms with Crippen LogP contribution in [-0.2, 0) is 4.74 Å². The Bertz CT molecular complexity index is 1020. The molecule has 2 heterocycles. The summed E-state index contributed by atoms with van der Waals surface area (Å²) in [7, 11) is 1.57. The molecule has 2 aromatic carbocycles. The molecule has 30 heavy (non-hydrogen) atoms. The highest BCUT2D eigenvalue weighted by atomic mass is 16.5. The van der Waals surface area contributed by atoms with E-state index in [0.717, 1.165) is 24.2 Å². The van der Waals surface area contributed by atoms with E-state index in [4.69, 9.17) is 20.4 Å². The molecule has 4 rings (SSSR count). The smallest absolute Gasteiger partial charge is 0.318 e. The Balaban J connectivity index is 1.71. The summed E-state index contributed by atoms with van der Waals surface area (Å²) in [5.74, 6) is 1.75. The lowest BCUT2D eigenvalue weighted by atomic mass is 10.1. The number of nitrogens with two attached hydrogens (primary N) is 1. The molecular formula is C21H23N7O2. The van der Waals surface area contributed by atoms with Gasteiger partial charge in [0.15, 0.2) is 11.6 Å². The lowest BCUT2D eigenvalue weighted by Crippen LogP contribution is -2.37. The van der Waals surface area contributed by atoms with E-state index in [1.807, 2.05) is 48.5 Å². The molecule has 1 aliphatic heterocycles. The first-order chi connectivity index (χ1) is 14.6.